The number of rotatable bonds is 6. The molecule has 29 heavy (non-hydrogen) atoms. The quantitative estimate of drug-likeness (QED) is 0.536. The number of ether oxygens (including phenoxy) is 1. The number of piperidine rings is 1. The van der Waals surface area contributed by atoms with Crippen molar-refractivity contribution in [3.63, 3.8) is 0 Å². The zero-order valence-electron chi connectivity index (χ0n) is 17.3. The molecule has 0 bridgehead atoms. The second kappa shape index (κ2) is 11.0. The van der Waals surface area contributed by atoms with Gasteiger partial charge in [-0.1, -0.05) is 13.3 Å². The minimum absolute atomic E-state index is 0. The van der Waals surface area contributed by atoms with Crippen molar-refractivity contribution in [2.75, 3.05) is 38.2 Å². The van der Waals surface area contributed by atoms with E-state index < -0.39 is 0 Å². The maximum atomic E-state index is 6.04. The molecule has 1 aromatic rings. The van der Waals surface area contributed by atoms with Crippen LogP contribution in [0.2, 0.25) is 0 Å². The van der Waals surface area contributed by atoms with E-state index in [-0.39, 0.29) is 12.4 Å². The lowest BCUT2D eigenvalue weighted by Gasteiger charge is -2.28. The highest BCUT2D eigenvalue weighted by molar-refractivity contribution is 6.19. The van der Waals surface area contributed by atoms with E-state index in [1.165, 1.54) is 32.4 Å². The molecule has 1 fully saturated rings. The number of likely N-dealkylation sites (tertiary alicyclic amines) is 1. The minimum Gasteiger partial charge on any atom is -0.495 e. The highest BCUT2D eigenvalue weighted by Crippen LogP contribution is 2.33. The number of methoxy groups -OCH3 is 1. The van der Waals surface area contributed by atoms with E-state index in [0.717, 1.165) is 24.4 Å². The van der Waals surface area contributed by atoms with E-state index >= 15 is 0 Å². The Labute approximate surface area is 179 Å². The second-order valence-electron chi connectivity index (χ2n) is 7.33. The lowest BCUT2D eigenvalue weighted by atomic mass is 10.1. The monoisotopic (exact) mass is 417 g/mol. The van der Waals surface area contributed by atoms with Crippen LogP contribution in [0.4, 0.5) is 17.1 Å². The number of benzene rings is 1. The van der Waals surface area contributed by atoms with Crippen molar-refractivity contribution in [1.82, 2.24) is 4.90 Å². The molecule has 7 heteroatoms. The standard InChI is InChI=1S/C22H31N5O.ClH/c1-3-16(15-27-11-5-4-6-12-27)25-17-7-9-18(10-8-17)26-21-14-22(28-2)20(24)13-19(21)23;/h7-10,13-14,16H,3-6,11-12,15,23-24H2,1-2H3;1H. The van der Waals surface area contributed by atoms with Gasteiger partial charge in [0.2, 0.25) is 0 Å². The molecule has 4 N–H and O–H groups in total. The third-order valence-corrected chi connectivity index (χ3v) is 5.20. The molecule has 1 aromatic carbocycles. The number of hydrogen-bond donors (Lipinski definition) is 2. The number of nitrogens with two attached hydrogens (primary N) is 2. The number of aliphatic imine (C=N–C) groups is 2. The number of nitrogen functional groups attached to an aromatic ring is 2. The molecule has 0 saturated carbocycles. The lowest BCUT2D eigenvalue weighted by molar-refractivity contribution is 0.215. The third kappa shape index (κ3) is 6.34. The molecule has 0 spiro atoms. The average molecular weight is 418 g/mol. The van der Waals surface area contributed by atoms with Crippen molar-refractivity contribution in [1.29, 1.82) is 0 Å². The van der Waals surface area contributed by atoms with E-state index in [0.29, 0.717) is 28.9 Å². The average Bonchev–Trinajstić information content (AvgIpc) is 2.71. The van der Waals surface area contributed by atoms with Crippen molar-refractivity contribution < 1.29 is 4.74 Å². The van der Waals surface area contributed by atoms with Gasteiger partial charge < -0.3 is 21.1 Å². The second-order valence-corrected chi connectivity index (χ2v) is 7.33. The Kier molecular flexibility index (Phi) is 8.73. The van der Waals surface area contributed by atoms with Gasteiger partial charge in [0.15, 0.2) is 0 Å². The van der Waals surface area contributed by atoms with Gasteiger partial charge in [-0.3, -0.25) is 4.99 Å². The molecule has 1 atom stereocenters. The topological polar surface area (TPSA) is 89.2 Å². The molecule has 0 radical (unpaired) electrons. The Balaban J connectivity index is 0.00000300. The first-order chi connectivity index (χ1) is 13.6. The van der Waals surface area contributed by atoms with Crippen LogP contribution in [0.5, 0.6) is 5.75 Å². The zero-order valence-corrected chi connectivity index (χ0v) is 18.1. The highest BCUT2D eigenvalue weighted by Gasteiger charge is 2.15. The molecule has 1 heterocycles. The number of nitrogens with zero attached hydrogens (tertiary/aromatic N) is 3. The molecule has 2 aliphatic rings. The summed E-state index contributed by atoms with van der Waals surface area (Å²) < 4.78 is 5.26. The molecule has 1 aliphatic carbocycles. The van der Waals surface area contributed by atoms with Gasteiger partial charge in [-0.05, 0) is 62.7 Å². The summed E-state index contributed by atoms with van der Waals surface area (Å²) >= 11 is 0. The van der Waals surface area contributed by atoms with E-state index in [1.807, 2.05) is 24.3 Å². The van der Waals surface area contributed by atoms with Gasteiger partial charge in [0.1, 0.15) is 5.75 Å². The van der Waals surface area contributed by atoms with E-state index in [4.69, 9.17) is 21.2 Å². The Hall–Kier alpha value is -2.31. The molecule has 1 unspecified atom stereocenters. The molecule has 158 valence electrons. The van der Waals surface area contributed by atoms with Crippen LogP contribution in [0.3, 0.4) is 0 Å². The van der Waals surface area contributed by atoms with Crippen LogP contribution in [0.25, 0.3) is 0 Å². The van der Waals surface area contributed by atoms with Gasteiger partial charge >= 0.3 is 0 Å². The van der Waals surface area contributed by atoms with Crippen LogP contribution in [0, 0.1) is 0 Å². The summed E-state index contributed by atoms with van der Waals surface area (Å²) in [5.74, 6) is 0.572. The van der Waals surface area contributed by atoms with Crippen LogP contribution in [-0.2, 0) is 0 Å². The molecular formula is C22H32ClN5O. The number of allylic oxidation sites excluding steroid dienone is 4. The summed E-state index contributed by atoms with van der Waals surface area (Å²) in [6, 6.07) is 3.76. The molecular weight excluding hydrogens is 386 g/mol. The van der Waals surface area contributed by atoms with Crippen LogP contribution >= 0.6 is 12.4 Å². The van der Waals surface area contributed by atoms with E-state index in [2.05, 4.69) is 16.8 Å². The Morgan fingerprint density at radius 2 is 1.66 bits per heavy atom. The van der Waals surface area contributed by atoms with Gasteiger partial charge in [0.25, 0.3) is 0 Å². The van der Waals surface area contributed by atoms with Crippen molar-refractivity contribution in [3.05, 3.63) is 36.4 Å². The van der Waals surface area contributed by atoms with Gasteiger partial charge in [-0.25, -0.2) is 4.99 Å². The van der Waals surface area contributed by atoms with Crippen molar-refractivity contribution in [3.8, 4) is 5.75 Å². The molecule has 6 nitrogen and oxygen atoms in total. The van der Waals surface area contributed by atoms with Crippen LogP contribution < -0.4 is 16.2 Å². The van der Waals surface area contributed by atoms with Crippen LogP contribution in [0.1, 0.15) is 32.6 Å². The summed E-state index contributed by atoms with van der Waals surface area (Å²) in [5.41, 5.74) is 15.4. The van der Waals surface area contributed by atoms with Gasteiger partial charge in [-0.2, -0.15) is 0 Å². The number of halogens is 1. The summed E-state index contributed by atoms with van der Waals surface area (Å²) in [6.45, 7) is 5.66. The Morgan fingerprint density at radius 3 is 2.28 bits per heavy atom. The first-order valence-corrected chi connectivity index (χ1v) is 10.1. The maximum Gasteiger partial charge on any atom is 0.144 e. The first-order valence-electron chi connectivity index (χ1n) is 10.1. The molecule has 0 amide bonds. The van der Waals surface area contributed by atoms with Crippen LogP contribution in [0.15, 0.2) is 46.4 Å². The molecule has 3 rings (SSSR count). The SMILES string of the molecule is CCC(CN1CCCCC1)N=C1C=CC(=Nc2cc(OC)c(N)cc2N)C=C1.Cl. The first kappa shape index (κ1) is 23.0. The van der Waals surface area contributed by atoms with Gasteiger partial charge in [0, 0.05) is 12.6 Å². The minimum atomic E-state index is 0. The number of hydrogen-bond acceptors (Lipinski definition) is 6. The highest BCUT2D eigenvalue weighted by atomic mass is 35.5. The fourth-order valence-electron chi connectivity index (χ4n) is 3.54. The molecule has 1 aliphatic heterocycles. The fourth-order valence-corrected chi connectivity index (χ4v) is 3.54. The molecule has 1 saturated heterocycles. The zero-order chi connectivity index (χ0) is 19.9. The van der Waals surface area contributed by atoms with Gasteiger partial charge in [-0.15, -0.1) is 12.4 Å². The summed E-state index contributed by atoms with van der Waals surface area (Å²) in [6.07, 6.45) is 13.0. The Bertz CT molecular complexity index is 792. The Morgan fingerprint density at radius 1 is 1.00 bits per heavy atom. The largest absolute Gasteiger partial charge is 0.495 e. The van der Waals surface area contributed by atoms with E-state index in [9.17, 15) is 0 Å². The summed E-state index contributed by atoms with van der Waals surface area (Å²) in [5, 5.41) is 0. The predicted octanol–water partition coefficient (Wildman–Crippen LogP) is 4.19. The summed E-state index contributed by atoms with van der Waals surface area (Å²) in [7, 11) is 1.58. The van der Waals surface area contributed by atoms with Crippen molar-refractivity contribution in [2.45, 2.75) is 38.6 Å². The number of anilines is 2. The van der Waals surface area contributed by atoms with Crippen molar-refractivity contribution in [2.24, 2.45) is 9.98 Å². The third-order valence-electron chi connectivity index (χ3n) is 5.20. The lowest BCUT2D eigenvalue weighted by Crippen LogP contribution is -2.35. The summed E-state index contributed by atoms with van der Waals surface area (Å²) in [4.78, 5) is 12.1. The maximum absolute atomic E-state index is 6.04. The normalized spacial score (nSPS) is 17.6. The predicted molar refractivity (Wildman–Crippen MR) is 126 cm³/mol. The molecule has 0 aromatic heterocycles. The van der Waals surface area contributed by atoms with E-state index in [1.54, 1.807) is 19.2 Å². The smallest absolute Gasteiger partial charge is 0.144 e. The van der Waals surface area contributed by atoms with Crippen LogP contribution in [-0.4, -0.2) is 49.1 Å². The van der Waals surface area contributed by atoms with Crippen molar-refractivity contribution >= 4 is 40.9 Å². The fraction of sp³-hybridized carbons (Fsp3) is 0.455. The van der Waals surface area contributed by atoms with Gasteiger partial charge in [0.05, 0.1) is 41.6 Å².